The third kappa shape index (κ3) is 8.01. The molecule has 2 aromatic carbocycles. The lowest BCUT2D eigenvalue weighted by Crippen LogP contribution is -2.37. The summed E-state index contributed by atoms with van der Waals surface area (Å²) in [5.74, 6) is -0.409. The fraction of sp³-hybridized carbons (Fsp3) is 0.400. The van der Waals surface area contributed by atoms with Crippen molar-refractivity contribution >= 4 is 23.8 Å². The van der Waals surface area contributed by atoms with Crippen LogP contribution < -0.4 is 16.1 Å². The first-order valence-corrected chi connectivity index (χ1v) is 10.9. The summed E-state index contributed by atoms with van der Waals surface area (Å²) >= 11 is 0. The summed E-state index contributed by atoms with van der Waals surface area (Å²) in [6, 6.07) is 6.89. The minimum Gasteiger partial charge on any atom is -0.507 e. The molecule has 0 aliphatic heterocycles. The molecule has 0 saturated heterocycles. The molecule has 0 spiro atoms. The molecule has 10 heteroatoms. The minimum atomic E-state index is -4.54. The predicted octanol–water partition coefficient (Wildman–Crippen LogP) is 5.28. The second-order valence-corrected chi connectivity index (χ2v) is 10.1. The van der Waals surface area contributed by atoms with Gasteiger partial charge in [-0.2, -0.15) is 18.3 Å². The molecule has 2 aromatic rings. The quantitative estimate of drug-likeness (QED) is 0.337. The van der Waals surface area contributed by atoms with Crippen molar-refractivity contribution in [3.63, 3.8) is 0 Å². The average Bonchev–Trinajstić information content (AvgIpc) is 2.71. The number of hydrazone groups is 1. The van der Waals surface area contributed by atoms with Gasteiger partial charge >= 0.3 is 12.2 Å². The van der Waals surface area contributed by atoms with Crippen LogP contribution in [-0.4, -0.2) is 29.8 Å². The van der Waals surface area contributed by atoms with E-state index in [1.807, 2.05) is 41.5 Å². The first-order valence-electron chi connectivity index (χ1n) is 10.9. The van der Waals surface area contributed by atoms with E-state index >= 15 is 0 Å². The van der Waals surface area contributed by atoms with Gasteiger partial charge in [-0.3, -0.25) is 4.79 Å². The molecule has 0 heterocycles. The van der Waals surface area contributed by atoms with Gasteiger partial charge in [0.05, 0.1) is 11.8 Å². The lowest BCUT2D eigenvalue weighted by atomic mass is 9.78. The van der Waals surface area contributed by atoms with Crippen LogP contribution in [-0.2, 0) is 21.8 Å². The fourth-order valence-corrected chi connectivity index (χ4v) is 3.20. The molecule has 0 aliphatic rings. The minimum absolute atomic E-state index is 0.0626. The Hall–Kier alpha value is -3.56. The summed E-state index contributed by atoms with van der Waals surface area (Å²) in [7, 11) is 0. The van der Waals surface area contributed by atoms with E-state index in [1.54, 1.807) is 12.1 Å². The maximum atomic E-state index is 12.8. The number of hydrogen-bond donors (Lipinski definition) is 4. The monoisotopic (exact) mass is 492 g/mol. The van der Waals surface area contributed by atoms with Crippen molar-refractivity contribution in [2.45, 2.75) is 58.5 Å². The van der Waals surface area contributed by atoms with Gasteiger partial charge in [0.1, 0.15) is 12.3 Å². The molecule has 0 aliphatic carbocycles. The van der Waals surface area contributed by atoms with E-state index in [0.717, 1.165) is 23.3 Å². The summed E-state index contributed by atoms with van der Waals surface area (Å²) in [5, 5.41) is 19.2. The van der Waals surface area contributed by atoms with Gasteiger partial charge in [0.2, 0.25) is 0 Å². The third-order valence-electron chi connectivity index (χ3n) is 5.01. The Morgan fingerprint density at radius 2 is 1.54 bits per heavy atom. The predicted molar refractivity (Wildman–Crippen MR) is 130 cm³/mol. The van der Waals surface area contributed by atoms with Gasteiger partial charge < -0.3 is 15.7 Å². The number of halogens is 3. The van der Waals surface area contributed by atoms with E-state index in [-0.39, 0.29) is 22.3 Å². The Labute approximate surface area is 202 Å². The van der Waals surface area contributed by atoms with E-state index < -0.39 is 30.2 Å². The second-order valence-electron chi connectivity index (χ2n) is 10.1. The number of alkyl halides is 3. The molecule has 0 atom stereocenters. The maximum Gasteiger partial charge on any atom is 0.416 e. The largest absolute Gasteiger partial charge is 0.507 e. The first-order chi connectivity index (χ1) is 16.0. The Morgan fingerprint density at radius 1 is 0.971 bits per heavy atom. The highest BCUT2D eigenvalue weighted by molar-refractivity contribution is 5.92. The number of hydrogen-bond acceptors (Lipinski definition) is 4. The van der Waals surface area contributed by atoms with Gasteiger partial charge in [-0.05, 0) is 46.7 Å². The molecule has 2 rings (SSSR count). The van der Waals surface area contributed by atoms with Gasteiger partial charge in [0.25, 0.3) is 5.91 Å². The number of rotatable bonds is 5. The van der Waals surface area contributed by atoms with Crippen molar-refractivity contribution in [3.05, 3.63) is 58.7 Å². The highest BCUT2D eigenvalue weighted by atomic mass is 19.4. The summed E-state index contributed by atoms with van der Waals surface area (Å²) in [4.78, 5) is 23.9. The van der Waals surface area contributed by atoms with Crippen LogP contribution in [0.2, 0.25) is 0 Å². The third-order valence-corrected chi connectivity index (χ3v) is 5.01. The summed E-state index contributed by atoms with van der Waals surface area (Å²) < 4.78 is 38.3. The number of urea groups is 1. The van der Waals surface area contributed by atoms with Gasteiger partial charge in [-0.15, -0.1) is 0 Å². The molecule has 35 heavy (non-hydrogen) atoms. The Bertz CT molecular complexity index is 1080. The Morgan fingerprint density at radius 3 is 2.06 bits per heavy atom. The van der Waals surface area contributed by atoms with E-state index in [0.29, 0.717) is 5.56 Å². The summed E-state index contributed by atoms with van der Waals surface area (Å²) in [6.45, 7) is 11.4. The SMILES string of the molecule is CC(C)(C)c1cc(C=NNC(=O)CNC(=O)Nc2cccc(C(F)(F)F)c2)cc(C(C)(C)C)c1O. The topological polar surface area (TPSA) is 103 Å². The van der Waals surface area contributed by atoms with Crippen LogP contribution in [0, 0.1) is 0 Å². The number of carbonyl (C=O) groups excluding carboxylic acids is 2. The van der Waals surface area contributed by atoms with Crippen LogP contribution in [0.5, 0.6) is 5.75 Å². The molecule has 0 bridgehead atoms. The number of carbonyl (C=O) groups is 2. The maximum absolute atomic E-state index is 12.8. The molecule has 3 amide bonds. The Balaban J connectivity index is 2.00. The lowest BCUT2D eigenvalue weighted by molar-refractivity contribution is -0.137. The van der Waals surface area contributed by atoms with E-state index in [2.05, 4.69) is 21.2 Å². The first kappa shape index (κ1) is 27.7. The van der Waals surface area contributed by atoms with Gasteiger partial charge in [0.15, 0.2) is 0 Å². The van der Waals surface area contributed by atoms with Crippen molar-refractivity contribution < 1.29 is 27.9 Å². The summed E-state index contributed by atoms with van der Waals surface area (Å²) in [5.41, 5.74) is 2.83. The highest BCUT2D eigenvalue weighted by Gasteiger charge is 2.30. The van der Waals surface area contributed by atoms with Crippen LogP contribution in [0.1, 0.15) is 63.8 Å². The zero-order chi connectivity index (χ0) is 26.6. The second kappa shape index (κ2) is 10.4. The number of phenols is 1. The molecule has 0 radical (unpaired) electrons. The van der Waals surface area contributed by atoms with E-state index in [4.69, 9.17) is 0 Å². The molecule has 0 aromatic heterocycles. The van der Waals surface area contributed by atoms with Crippen molar-refractivity contribution in [1.29, 1.82) is 0 Å². The van der Waals surface area contributed by atoms with Gasteiger partial charge in [0, 0.05) is 16.8 Å². The number of benzene rings is 2. The molecule has 0 unspecified atom stereocenters. The molecule has 7 nitrogen and oxygen atoms in total. The molecular weight excluding hydrogens is 461 g/mol. The number of anilines is 1. The number of nitrogens with zero attached hydrogens (tertiary/aromatic N) is 1. The molecule has 0 fully saturated rings. The van der Waals surface area contributed by atoms with E-state index in [1.165, 1.54) is 18.3 Å². The number of phenolic OH excluding ortho intramolecular Hbond substituents is 1. The van der Waals surface area contributed by atoms with Crippen molar-refractivity contribution in [1.82, 2.24) is 10.7 Å². The summed E-state index contributed by atoms with van der Waals surface area (Å²) in [6.07, 6.45) is -3.10. The normalized spacial score (nSPS) is 12.5. The van der Waals surface area contributed by atoms with Crippen LogP contribution in [0.15, 0.2) is 41.5 Å². The van der Waals surface area contributed by atoms with Crippen LogP contribution in [0.3, 0.4) is 0 Å². The smallest absolute Gasteiger partial charge is 0.416 e. The molecular formula is C25H31F3N4O3. The number of amides is 3. The number of aromatic hydroxyl groups is 1. The number of nitrogens with one attached hydrogen (secondary N) is 3. The fourth-order valence-electron chi connectivity index (χ4n) is 3.20. The van der Waals surface area contributed by atoms with Crippen molar-refractivity contribution in [3.8, 4) is 5.75 Å². The van der Waals surface area contributed by atoms with Crippen LogP contribution in [0.4, 0.5) is 23.7 Å². The molecule has 4 N–H and O–H groups in total. The zero-order valence-corrected chi connectivity index (χ0v) is 20.6. The Kier molecular flexibility index (Phi) is 8.20. The van der Waals surface area contributed by atoms with Crippen LogP contribution in [0.25, 0.3) is 0 Å². The van der Waals surface area contributed by atoms with Crippen LogP contribution >= 0.6 is 0 Å². The average molecular weight is 493 g/mol. The van der Waals surface area contributed by atoms with Crippen molar-refractivity contribution in [2.75, 3.05) is 11.9 Å². The highest BCUT2D eigenvalue weighted by Crippen LogP contribution is 2.39. The van der Waals surface area contributed by atoms with Gasteiger partial charge in [-0.1, -0.05) is 47.6 Å². The van der Waals surface area contributed by atoms with Gasteiger partial charge in [-0.25, -0.2) is 10.2 Å². The van der Waals surface area contributed by atoms with Crippen molar-refractivity contribution in [2.24, 2.45) is 5.10 Å². The van der Waals surface area contributed by atoms with E-state index in [9.17, 15) is 27.9 Å². The lowest BCUT2D eigenvalue weighted by Gasteiger charge is -2.27. The zero-order valence-electron chi connectivity index (χ0n) is 20.6. The molecule has 190 valence electrons. The molecule has 0 saturated carbocycles. The standard InChI is InChI=1S/C25H31F3N4O3/c1-23(2,3)18-10-15(11-19(21(18)34)24(4,5)6)13-30-32-20(33)14-29-22(35)31-17-9-7-8-16(12-17)25(26,27)28/h7-13,34H,14H2,1-6H3,(H,32,33)(H2,29,31,35).